The van der Waals surface area contributed by atoms with Gasteiger partial charge in [-0.05, 0) is 30.5 Å². The van der Waals surface area contributed by atoms with Crippen LogP contribution in [-0.4, -0.2) is 0 Å². The fourth-order valence-electron chi connectivity index (χ4n) is 2.00. The van der Waals surface area contributed by atoms with Crippen molar-refractivity contribution < 1.29 is 9.13 Å². The summed E-state index contributed by atoms with van der Waals surface area (Å²) in [6.45, 7) is 4.31. The number of halogens is 1. The quantitative estimate of drug-likeness (QED) is 0.894. The minimum atomic E-state index is -0.321. The standard InChI is InChI=1S/C17H20FNO/c1-3-13-4-6-14(7-5-13)11-20-15-8-9-16(12(2)19)17(18)10-15/h4-10,12H,3,11,19H2,1-2H3. The largest absolute Gasteiger partial charge is 0.489 e. The molecule has 0 heterocycles. The first-order chi connectivity index (χ1) is 9.60. The van der Waals surface area contributed by atoms with E-state index in [0.29, 0.717) is 17.9 Å². The van der Waals surface area contributed by atoms with Gasteiger partial charge in [0.1, 0.15) is 18.2 Å². The summed E-state index contributed by atoms with van der Waals surface area (Å²) in [6.07, 6.45) is 1.02. The average molecular weight is 273 g/mol. The Labute approximate surface area is 119 Å². The summed E-state index contributed by atoms with van der Waals surface area (Å²) in [5.41, 5.74) is 8.54. The molecule has 0 radical (unpaired) electrons. The van der Waals surface area contributed by atoms with Crippen molar-refractivity contribution in [1.29, 1.82) is 0 Å². The third-order valence-electron chi connectivity index (χ3n) is 3.30. The van der Waals surface area contributed by atoms with E-state index >= 15 is 0 Å². The normalized spacial score (nSPS) is 12.2. The highest BCUT2D eigenvalue weighted by atomic mass is 19.1. The van der Waals surface area contributed by atoms with Crippen LogP contribution in [0.5, 0.6) is 5.75 Å². The minimum Gasteiger partial charge on any atom is -0.489 e. The summed E-state index contributed by atoms with van der Waals surface area (Å²) in [7, 11) is 0. The molecule has 0 fully saturated rings. The first kappa shape index (κ1) is 14.5. The van der Waals surface area contributed by atoms with Crippen LogP contribution < -0.4 is 10.5 Å². The molecule has 0 aliphatic carbocycles. The van der Waals surface area contributed by atoms with Crippen LogP contribution in [0.2, 0.25) is 0 Å². The van der Waals surface area contributed by atoms with Crippen molar-refractivity contribution in [3.8, 4) is 5.75 Å². The molecule has 0 aliphatic heterocycles. The molecular formula is C17H20FNO. The zero-order chi connectivity index (χ0) is 14.5. The molecule has 1 unspecified atom stereocenters. The molecule has 0 bridgehead atoms. The highest BCUT2D eigenvalue weighted by Gasteiger charge is 2.08. The van der Waals surface area contributed by atoms with Gasteiger partial charge >= 0.3 is 0 Å². The molecule has 3 heteroatoms. The molecule has 2 aromatic carbocycles. The van der Waals surface area contributed by atoms with E-state index in [1.807, 2.05) is 12.1 Å². The summed E-state index contributed by atoms with van der Waals surface area (Å²) in [6, 6.07) is 12.7. The van der Waals surface area contributed by atoms with Gasteiger partial charge in [0.15, 0.2) is 0 Å². The number of hydrogen-bond acceptors (Lipinski definition) is 2. The summed E-state index contributed by atoms with van der Waals surface area (Å²) >= 11 is 0. The predicted octanol–water partition coefficient (Wildman–Crippen LogP) is 3.99. The second kappa shape index (κ2) is 6.53. The van der Waals surface area contributed by atoms with E-state index < -0.39 is 0 Å². The van der Waals surface area contributed by atoms with E-state index in [1.54, 1.807) is 19.1 Å². The Kier molecular flexibility index (Phi) is 4.74. The summed E-state index contributed by atoms with van der Waals surface area (Å²) < 4.78 is 19.4. The van der Waals surface area contributed by atoms with Gasteiger partial charge in [-0.15, -0.1) is 0 Å². The third-order valence-corrected chi connectivity index (χ3v) is 3.30. The lowest BCUT2D eigenvalue weighted by atomic mass is 10.1. The number of nitrogens with two attached hydrogens (primary N) is 1. The van der Waals surface area contributed by atoms with Gasteiger partial charge in [0.25, 0.3) is 0 Å². The first-order valence-electron chi connectivity index (χ1n) is 6.85. The van der Waals surface area contributed by atoms with E-state index in [2.05, 4.69) is 19.1 Å². The Balaban J connectivity index is 2.01. The van der Waals surface area contributed by atoms with Crippen molar-refractivity contribution in [3.63, 3.8) is 0 Å². The average Bonchev–Trinajstić information content (AvgIpc) is 2.45. The second-order valence-electron chi connectivity index (χ2n) is 4.93. The lowest BCUT2D eigenvalue weighted by Crippen LogP contribution is -2.07. The number of ether oxygens (including phenoxy) is 1. The Bertz CT molecular complexity index is 564. The molecule has 106 valence electrons. The van der Waals surface area contributed by atoms with Gasteiger partial charge in [-0.25, -0.2) is 4.39 Å². The molecule has 0 amide bonds. The van der Waals surface area contributed by atoms with Crippen molar-refractivity contribution in [3.05, 3.63) is 65.0 Å². The van der Waals surface area contributed by atoms with Gasteiger partial charge in [-0.3, -0.25) is 0 Å². The molecule has 0 aliphatic rings. The summed E-state index contributed by atoms with van der Waals surface area (Å²) in [4.78, 5) is 0. The van der Waals surface area contributed by atoms with Crippen LogP contribution >= 0.6 is 0 Å². The summed E-state index contributed by atoms with van der Waals surface area (Å²) in [5.74, 6) is 0.199. The monoisotopic (exact) mass is 273 g/mol. The number of rotatable bonds is 5. The van der Waals surface area contributed by atoms with Crippen molar-refractivity contribution in [2.24, 2.45) is 5.73 Å². The van der Waals surface area contributed by atoms with Gasteiger partial charge in [0.2, 0.25) is 0 Å². The Morgan fingerprint density at radius 2 is 1.75 bits per heavy atom. The van der Waals surface area contributed by atoms with Gasteiger partial charge in [0.05, 0.1) is 0 Å². The van der Waals surface area contributed by atoms with E-state index in [9.17, 15) is 4.39 Å². The Hall–Kier alpha value is -1.87. The van der Waals surface area contributed by atoms with Gasteiger partial charge < -0.3 is 10.5 Å². The molecule has 2 aromatic rings. The topological polar surface area (TPSA) is 35.2 Å². The Morgan fingerprint density at radius 1 is 1.10 bits per heavy atom. The van der Waals surface area contributed by atoms with Crippen LogP contribution in [0.3, 0.4) is 0 Å². The van der Waals surface area contributed by atoms with Crippen LogP contribution in [-0.2, 0) is 13.0 Å². The zero-order valence-corrected chi connectivity index (χ0v) is 11.9. The van der Waals surface area contributed by atoms with E-state index in [-0.39, 0.29) is 11.9 Å². The zero-order valence-electron chi connectivity index (χ0n) is 11.9. The maximum atomic E-state index is 13.8. The molecule has 0 aromatic heterocycles. The fourth-order valence-corrected chi connectivity index (χ4v) is 2.00. The SMILES string of the molecule is CCc1ccc(COc2ccc(C(C)N)c(F)c2)cc1. The van der Waals surface area contributed by atoms with Crippen molar-refractivity contribution in [2.45, 2.75) is 32.9 Å². The van der Waals surface area contributed by atoms with Crippen molar-refractivity contribution in [1.82, 2.24) is 0 Å². The van der Waals surface area contributed by atoms with E-state index in [0.717, 1.165) is 12.0 Å². The maximum absolute atomic E-state index is 13.8. The number of hydrogen-bond donors (Lipinski definition) is 1. The smallest absolute Gasteiger partial charge is 0.131 e. The Morgan fingerprint density at radius 3 is 2.30 bits per heavy atom. The highest BCUT2D eigenvalue weighted by molar-refractivity contribution is 5.31. The van der Waals surface area contributed by atoms with Crippen LogP contribution in [0.25, 0.3) is 0 Å². The molecule has 2 nitrogen and oxygen atoms in total. The molecule has 0 spiro atoms. The summed E-state index contributed by atoms with van der Waals surface area (Å²) in [5, 5.41) is 0. The third kappa shape index (κ3) is 3.58. The maximum Gasteiger partial charge on any atom is 0.131 e. The van der Waals surface area contributed by atoms with Crippen LogP contribution in [0.1, 0.15) is 36.6 Å². The van der Waals surface area contributed by atoms with Gasteiger partial charge in [0, 0.05) is 17.7 Å². The molecular weight excluding hydrogens is 253 g/mol. The molecule has 2 N–H and O–H groups in total. The van der Waals surface area contributed by atoms with E-state index in [1.165, 1.54) is 11.6 Å². The van der Waals surface area contributed by atoms with Crippen LogP contribution in [0.15, 0.2) is 42.5 Å². The van der Waals surface area contributed by atoms with E-state index in [4.69, 9.17) is 10.5 Å². The van der Waals surface area contributed by atoms with Crippen LogP contribution in [0, 0.1) is 5.82 Å². The number of aryl methyl sites for hydroxylation is 1. The molecule has 0 saturated heterocycles. The van der Waals surface area contributed by atoms with Crippen molar-refractivity contribution >= 4 is 0 Å². The van der Waals surface area contributed by atoms with Gasteiger partial charge in [-0.1, -0.05) is 37.3 Å². The highest BCUT2D eigenvalue weighted by Crippen LogP contribution is 2.21. The molecule has 2 rings (SSSR count). The second-order valence-corrected chi connectivity index (χ2v) is 4.93. The lowest BCUT2D eigenvalue weighted by molar-refractivity contribution is 0.304. The lowest BCUT2D eigenvalue weighted by Gasteiger charge is -2.10. The van der Waals surface area contributed by atoms with Gasteiger partial charge in [-0.2, -0.15) is 0 Å². The molecule has 0 saturated carbocycles. The van der Waals surface area contributed by atoms with Crippen molar-refractivity contribution in [2.75, 3.05) is 0 Å². The molecule has 20 heavy (non-hydrogen) atoms. The minimum absolute atomic E-state index is 0.314. The van der Waals surface area contributed by atoms with Crippen LogP contribution in [0.4, 0.5) is 4.39 Å². The number of benzene rings is 2. The first-order valence-corrected chi connectivity index (χ1v) is 6.85. The fraction of sp³-hybridized carbons (Fsp3) is 0.294. The predicted molar refractivity (Wildman–Crippen MR) is 79.2 cm³/mol. The molecule has 1 atom stereocenters.